The molecule has 15 heavy (non-hydrogen) atoms. The van der Waals surface area contributed by atoms with Crippen molar-refractivity contribution in [2.24, 2.45) is 0 Å². The Labute approximate surface area is 108 Å². The molecule has 0 amide bonds. The molecule has 1 rings (SSSR count). The topological polar surface area (TPSA) is 17.1 Å². The number of halogens is 2. The molecule has 0 saturated carbocycles. The van der Waals surface area contributed by atoms with Crippen molar-refractivity contribution < 1.29 is 4.79 Å². The smallest absolute Gasteiger partial charge is 0.146 e. The van der Waals surface area contributed by atoms with Crippen molar-refractivity contribution in [2.75, 3.05) is 0 Å². The van der Waals surface area contributed by atoms with Crippen LogP contribution in [0.5, 0.6) is 0 Å². The van der Waals surface area contributed by atoms with Crippen LogP contribution in [0.15, 0.2) is 22.7 Å². The molecule has 0 spiro atoms. The number of ketones is 1. The van der Waals surface area contributed by atoms with E-state index in [1.165, 1.54) is 11.1 Å². The van der Waals surface area contributed by atoms with Crippen molar-refractivity contribution in [1.82, 2.24) is 0 Å². The van der Waals surface area contributed by atoms with Crippen LogP contribution in [-0.4, -0.2) is 10.6 Å². The highest BCUT2D eigenvalue weighted by atomic mass is 79.9. The van der Waals surface area contributed by atoms with Gasteiger partial charge in [-0.15, -0.1) is 0 Å². The summed E-state index contributed by atoms with van der Waals surface area (Å²) in [6.45, 7) is 3.96. The minimum Gasteiger partial charge on any atom is -0.298 e. The molecule has 0 aliphatic carbocycles. The number of carbonyl (C=O) groups excluding carboxylic acids is 1. The highest BCUT2D eigenvalue weighted by Crippen LogP contribution is 2.22. The van der Waals surface area contributed by atoms with Crippen LogP contribution in [0.1, 0.15) is 24.5 Å². The molecule has 1 nitrogen and oxygen atoms in total. The summed E-state index contributed by atoms with van der Waals surface area (Å²) in [4.78, 5) is 11.4. The van der Waals surface area contributed by atoms with E-state index in [1.807, 2.05) is 19.1 Å². The Morgan fingerprint density at radius 2 is 2.13 bits per heavy atom. The fraction of sp³-hybridized carbons (Fsp3) is 0.417. The van der Waals surface area contributed by atoms with E-state index in [-0.39, 0.29) is 10.6 Å². The number of hydrogen-bond acceptors (Lipinski definition) is 1. The Morgan fingerprint density at radius 3 is 2.73 bits per heavy atom. The number of alkyl halides is 1. The highest BCUT2D eigenvalue weighted by molar-refractivity contribution is 9.10. The summed E-state index contributed by atoms with van der Waals surface area (Å²) < 4.78 is 1.10. The highest BCUT2D eigenvalue weighted by Gasteiger charge is 2.14. The largest absolute Gasteiger partial charge is 0.298 e. The third-order valence-electron chi connectivity index (χ3n) is 2.48. The SMILES string of the molecule is CCC(=O)C(Br)Cc1cccc(Br)c1C. The van der Waals surface area contributed by atoms with Crippen LogP contribution in [0.4, 0.5) is 0 Å². The molecular formula is C12H14Br2O. The lowest BCUT2D eigenvalue weighted by Gasteiger charge is -2.11. The Balaban J connectivity index is 2.81. The van der Waals surface area contributed by atoms with Gasteiger partial charge < -0.3 is 0 Å². The Bertz CT molecular complexity index is 361. The van der Waals surface area contributed by atoms with E-state index in [4.69, 9.17) is 0 Å². The van der Waals surface area contributed by atoms with E-state index in [1.54, 1.807) is 0 Å². The lowest BCUT2D eigenvalue weighted by molar-refractivity contribution is -0.118. The van der Waals surface area contributed by atoms with Crippen LogP contribution in [0, 0.1) is 6.92 Å². The lowest BCUT2D eigenvalue weighted by Crippen LogP contribution is -2.15. The molecule has 1 unspecified atom stereocenters. The fourth-order valence-corrected chi connectivity index (χ4v) is 2.48. The van der Waals surface area contributed by atoms with E-state index in [2.05, 4.69) is 44.8 Å². The van der Waals surface area contributed by atoms with Gasteiger partial charge in [0.05, 0.1) is 4.83 Å². The van der Waals surface area contributed by atoms with Gasteiger partial charge in [0, 0.05) is 10.9 Å². The number of hydrogen-bond donors (Lipinski definition) is 0. The number of benzene rings is 1. The van der Waals surface area contributed by atoms with Crippen molar-refractivity contribution in [1.29, 1.82) is 0 Å². The second-order valence-electron chi connectivity index (χ2n) is 3.52. The predicted octanol–water partition coefficient (Wildman–Crippen LogP) is 4.04. The maximum Gasteiger partial charge on any atom is 0.146 e. The van der Waals surface area contributed by atoms with Gasteiger partial charge in [-0.2, -0.15) is 0 Å². The average Bonchev–Trinajstić information content (AvgIpc) is 2.23. The van der Waals surface area contributed by atoms with E-state index in [0.717, 1.165) is 10.9 Å². The molecule has 0 saturated heterocycles. The molecule has 0 bridgehead atoms. The number of Topliss-reactive ketones (excluding diaryl/α,β-unsaturated/α-hetero) is 1. The molecule has 1 atom stereocenters. The first-order valence-electron chi connectivity index (χ1n) is 4.97. The van der Waals surface area contributed by atoms with Gasteiger partial charge in [0.2, 0.25) is 0 Å². The maximum atomic E-state index is 11.5. The summed E-state index contributed by atoms with van der Waals surface area (Å²) in [7, 11) is 0. The quantitative estimate of drug-likeness (QED) is 0.760. The Hall–Kier alpha value is -0.150. The first-order valence-corrected chi connectivity index (χ1v) is 6.68. The van der Waals surface area contributed by atoms with E-state index >= 15 is 0 Å². The van der Waals surface area contributed by atoms with Crippen LogP contribution in [0.3, 0.4) is 0 Å². The third-order valence-corrected chi connectivity index (χ3v) is 4.17. The molecule has 82 valence electrons. The van der Waals surface area contributed by atoms with Gasteiger partial charge in [0.1, 0.15) is 5.78 Å². The zero-order valence-electron chi connectivity index (χ0n) is 8.89. The second-order valence-corrected chi connectivity index (χ2v) is 5.48. The monoisotopic (exact) mass is 332 g/mol. The summed E-state index contributed by atoms with van der Waals surface area (Å²) in [5, 5.41) is 0. The van der Waals surface area contributed by atoms with Gasteiger partial charge in [-0.1, -0.05) is 50.9 Å². The fourth-order valence-electron chi connectivity index (χ4n) is 1.40. The molecule has 0 fully saturated rings. The zero-order chi connectivity index (χ0) is 11.4. The minimum absolute atomic E-state index is 0.0597. The van der Waals surface area contributed by atoms with Crippen molar-refractivity contribution in [2.45, 2.75) is 31.5 Å². The van der Waals surface area contributed by atoms with Crippen LogP contribution in [-0.2, 0) is 11.2 Å². The van der Waals surface area contributed by atoms with Gasteiger partial charge in [0.15, 0.2) is 0 Å². The first kappa shape index (κ1) is 12.9. The van der Waals surface area contributed by atoms with E-state index < -0.39 is 0 Å². The Morgan fingerprint density at radius 1 is 1.47 bits per heavy atom. The minimum atomic E-state index is -0.0597. The van der Waals surface area contributed by atoms with Crippen molar-refractivity contribution in [3.63, 3.8) is 0 Å². The molecule has 0 radical (unpaired) electrons. The molecule has 0 aromatic heterocycles. The molecule has 0 aliphatic heterocycles. The molecule has 3 heteroatoms. The van der Waals surface area contributed by atoms with Gasteiger partial charge in [-0.25, -0.2) is 0 Å². The van der Waals surface area contributed by atoms with Crippen LogP contribution in [0.25, 0.3) is 0 Å². The van der Waals surface area contributed by atoms with Crippen molar-refractivity contribution >= 4 is 37.6 Å². The summed E-state index contributed by atoms with van der Waals surface area (Å²) in [5.41, 5.74) is 2.43. The van der Waals surface area contributed by atoms with Gasteiger partial charge in [-0.3, -0.25) is 4.79 Å². The number of rotatable bonds is 4. The molecule has 0 heterocycles. The van der Waals surface area contributed by atoms with Gasteiger partial charge in [0.25, 0.3) is 0 Å². The van der Waals surface area contributed by atoms with Crippen LogP contribution in [0.2, 0.25) is 0 Å². The normalized spacial score (nSPS) is 12.5. The number of carbonyl (C=O) groups is 1. The van der Waals surface area contributed by atoms with Crippen molar-refractivity contribution in [3.8, 4) is 0 Å². The molecule has 1 aromatic carbocycles. The summed E-state index contributed by atoms with van der Waals surface area (Å²) in [6, 6.07) is 6.09. The van der Waals surface area contributed by atoms with E-state index in [0.29, 0.717) is 6.42 Å². The Kier molecular flexibility index (Phi) is 5.00. The zero-order valence-corrected chi connectivity index (χ0v) is 12.1. The van der Waals surface area contributed by atoms with E-state index in [9.17, 15) is 4.79 Å². The van der Waals surface area contributed by atoms with Crippen molar-refractivity contribution in [3.05, 3.63) is 33.8 Å². The second kappa shape index (κ2) is 5.80. The molecular weight excluding hydrogens is 320 g/mol. The third kappa shape index (κ3) is 3.42. The summed E-state index contributed by atoms with van der Waals surface area (Å²) in [6.07, 6.45) is 1.35. The standard InChI is InChI=1S/C12H14Br2O/c1-3-12(15)11(14)7-9-5-4-6-10(13)8(9)2/h4-6,11H,3,7H2,1-2H3. The molecule has 0 N–H and O–H groups in total. The summed E-state index contributed by atoms with van der Waals surface area (Å²) in [5.74, 6) is 0.259. The lowest BCUT2D eigenvalue weighted by atomic mass is 10.0. The maximum absolute atomic E-state index is 11.5. The van der Waals surface area contributed by atoms with Crippen LogP contribution >= 0.6 is 31.9 Å². The summed E-state index contributed by atoms with van der Waals surface area (Å²) >= 11 is 6.92. The van der Waals surface area contributed by atoms with Gasteiger partial charge >= 0.3 is 0 Å². The predicted molar refractivity (Wildman–Crippen MR) is 70.6 cm³/mol. The van der Waals surface area contributed by atoms with Gasteiger partial charge in [-0.05, 0) is 30.5 Å². The molecule has 1 aromatic rings. The first-order chi connectivity index (χ1) is 7.06. The van der Waals surface area contributed by atoms with Crippen LogP contribution < -0.4 is 0 Å². The molecule has 0 aliphatic rings. The average molecular weight is 334 g/mol.